The third-order valence-corrected chi connectivity index (χ3v) is 3.23. The largest absolute Gasteiger partial charge is 0.506 e. The number of para-hydroxylation sites is 2. The van der Waals surface area contributed by atoms with Gasteiger partial charge in [-0.15, -0.1) is 0 Å². The Morgan fingerprint density at radius 2 is 1.96 bits per heavy atom. The van der Waals surface area contributed by atoms with Gasteiger partial charge >= 0.3 is 0 Å². The minimum atomic E-state index is -0.596. The van der Waals surface area contributed by atoms with Gasteiger partial charge in [-0.3, -0.25) is 4.79 Å². The number of anilines is 1. The van der Waals surface area contributed by atoms with E-state index in [-0.39, 0.29) is 17.0 Å². The molecule has 0 fully saturated rings. The molecule has 0 radical (unpaired) electrons. The van der Waals surface area contributed by atoms with Crippen LogP contribution in [0.5, 0.6) is 11.5 Å². The molecule has 2 aromatic rings. The number of nitrogens with one attached hydrogen (secondary N) is 2. The van der Waals surface area contributed by atoms with Crippen LogP contribution in [0.25, 0.3) is 0 Å². The van der Waals surface area contributed by atoms with Crippen molar-refractivity contribution in [2.75, 3.05) is 12.4 Å². The van der Waals surface area contributed by atoms with E-state index < -0.39 is 5.91 Å². The highest BCUT2D eigenvalue weighted by atomic mass is 16.5. The molecule has 0 unspecified atom stereocenters. The minimum Gasteiger partial charge on any atom is -0.506 e. The fourth-order valence-corrected chi connectivity index (χ4v) is 1.93. The molecule has 1 amide bonds. The van der Waals surface area contributed by atoms with E-state index in [0.29, 0.717) is 6.54 Å². The number of phenolic OH excluding ortho intramolecular Hbond substituents is 1. The summed E-state index contributed by atoms with van der Waals surface area (Å²) < 4.78 is 5.08. The first-order chi connectivity index (χ1) is 11.6. The van der Waals surface area contributed by atoms with Gasteiger partial charge in [-0.05, 0) is 29.8 Å². The summed E-state index contributed by atoms with van der Waals surface area (Å²) in [6, 6.07) is 15.6. The van der Waals surface area contributed by atoms with Gasteiger partial charge in [0.1, 0.15) is 23.1 Å². The number of benzene rings is 2. The second-order valence-electron chi connectivity index (χ2n) is 4.87. The number of phenols is 1. The Hall–Kier alpha value is -3.46. The summed E-state index contributed by atoms with van der Waals surface area (Å²) in [5, 5.41) is 24.2. The van der Waals surface area contributed by atoms with Gasteiger partial charge in [0.15, 0.2) is 0 Å². The van der Waals surface area contributed by atoms with E-state index in [1.54, 1.807) is 25.3 Å². The van der Waals surface area contributed by atoms with Crippen LogP contribution >= 0.6 is 0 Å². The summed E-state index contributed by atoms with van der Waals surface area (Å²) in [7, 11) is 1.60. The van der Waals surface area contributed by atoms with Gasteiger partial charge in [0.05, 0.1) is 12.8 Å². The normalized spacial score (nSPS) is 10.6. The molecular formula is C18H17N3O3. The predicted molar refractivity (Wildman–Crippen MR) is 90.3 cm³/mol. The van der Waals surface area contributed by atoms with Crippen molar-refractivity contribution in [2.24, 2.45) is 0 Å². The number of ether oxygens (including phenoxy) is 1. The van der Waals surface area contributed by atoms with E-state index in [1.165, 1.54) is 12.3 Å². The van der Waals surface area contributed by atoms with Crippen molar-refractivity contribution in [2.45, 2.75) is 6.54 Å². The molecule has 3 N–H and O–H groups in total. The third-order valence-electron chi connectivity index (χ3n) is 3.23. The monoisotopic (exact) mass is 323 g/mol. The molecular weight excluding hydrogens is 306 g/mol. The standard InChI is InChI=1S/C18H17N3O3/c1-24-15-8-6-13(7-9-15)11-20-12-14(10-19)18(23)21-16-4-2-3-5-17(16)22/h2-9,12,20,22H,11H2,1H3,(H,21,23)/b14-12-. The maximum Gasteiger partial charge on any atom is 0.267 e. The lowest BCUT2D eigenvalue weighted by Gasteiger charge is -2.07. The predicted octanol–water partition coefficient (Wildman–Crippen LogP) is 2.54. The number of nitrogens with zero attached hydrogens (tertiary/aromatic N) is 1. The lowest BCUT2D eigenvalue weighted by Crippen LogP contribution is -2.16. The average molecular weight is 323 g/mol. The van der Waals surface area contributed by atoms with Gasteiger partial charge in [-0.1, -0.05) is 24.3 Å². The molecule has 24 heavy (non-hydrogen) atoms. The number of nitriles is 1. The first-order valence-corrected chi connectivity index (χ1v) is 7.20. The second kappa shape index (κ2) is 8.25. The Bertz CT molecular complexity index is 777. The summed E-state index contributed by atoms with van der Waals surface area (Å²) in [6.45, 7) is 0.457. The Balaban J connectivity index is 1.97. The van der Waals surface area contributed by atoms with Crippen LogP contribution in [-0.2, 0) is 11.3 Å². The molecule has 2 aromatic carbocycles. The van der Waals surface area contributed by atoms with E-state index in [0.717, 1.165) is 11.3 Å². The topological polar surface area (TPSA) is 94.4 Å². The zero-order valence-corrected chi connectivity index (χ0v) is 13.1. The van der Waals surface area contributed by atoms with Gasteiger partial charge in [-0.25, -0.2) is 0 Å². The Morgan fingerprint density at radius 1 is 1.25 bits per heavy atom. The van der Waals surface area contributed by atoms with Gasteiger partial charge in [0, 0.05) is 12.7 Å². The molecule has 2 rings (SSSR count). The van der Waals surface area contributed by atoms with Crippen molar-refractivity contribution in [3.8, 4) is 17.6 Å². The lowest BCUT2D eigenvalue weighted by atomic mass is 10.2. The van der Waals surface area contributed by atoms with E-state index in [9.17, 15) is 9.90 Å². The number of aromatic hydroxyl groups is 1. The summed E-state index contributed by atoms with van der Waals surface area (Å²) >= 11 is 0. The zero-order chi connectivity index (χ0) is 17.4. The summed E-state index contributed by atoms with van der Waals surface area (Å²) in [5.74, 6) is 0.101. The maximum atomic E-state index is 12.1. The smallest absolute Gasteiger partial charge is 0.267 e. The Kier molecular flexibility index (Phi) is 5.81. The summed E-state index contributed by atoms with van der Waals surface area (Å²) in [5.41, 5.74) is 1.14. The molecule has 0 saturated carbocycles. The van der Waals surface area contributed by atoms with Crippen molar-refractivity contribution < 1.29 is 14.6 Å². The third kappa shape index (κ3) is 4.52. The van der Waals surface area contributed by atoms with Crippen molar-refractivity contribution in [3.63, 3.8) is 0 Å². The molecule has 6 heteroatoms. The number of methoxy groups -OCH3 is 1. The van der Waals surface area contributed by atoms with Crippen LogP contribution in [-0.4, -0.2) is 18.1 Å². The SMILES string of the molecule is COc1ccc(CN/C=C(/C#N)C(=O)Nc2ccccc2O)cc1. The average Bonchev–Trinajstić information content (AvgIpc) is 2.61. The number of hydrogen-bond donors (Lipinski definition) is 3. The molecule has 0 aliphatic carbocycles. The molecule has 6 nitrogen and oxygen atoms in total. The van der Waals surface area contributed by atoms with Gasteiger partial charge < -0.3 is 20.5 Å². The maximum absolute atomic E-state index is 12.1. The first-order valence-electron chi connectivity index (χ1n) is 7.20. The highest BCUT2D eigenvalue weighted by molar-refractivity contribution is 6.07. The summed E-state index contributed by atoms with van der Waals surface area (Å²) in [6.07, 6.45) is 1.35. The quantitative estimate of drug-likeness (QED) is 0.431. The highest BCUT2D eigenvalue weighted by Gasteiger charge is 2.11. The van der Waals surface area contributed by atoms with Crippen LogP contribution in [0.15, 0.2) is 60.3 Å². The molecule has 0 aromatic heterocycles. The van der Waals surface area contributed by atoms with Crippen molar-refractivity contribution >= 4 is 11.6 Å². The molecule has 0 spiro atoms. The van der Waals surface area contributed by atoms with E-state index in [4.69, 9.17) is 10.00 Å². The number of carbonyl (C=O) groups excluding carboxylic acids is 1. The van der Waals surface area contributed by atoms with Crippen molar-refractivity contribution in [1.82, 2.24) is 5.32 Å². The second-order valence-corrected chi connectivity index (χ2v) is 4.87. The minimum absolute atomic E-state index is 0.0608. The zero-order valence-electron chi connectivity index (χ0n) is 13.1. The van der Waals surface area contributed by atoms with Crippen LogP contribution in [0.3, 0.4) is 0 Å². The molecule has 0 atom stereocenters. The highest BCUT2D eigenvalue weighted by Crippen LogP contribution is 2.21. The van der Waals surface area contributed by atoms with E-state index in [1.807, 2.05) is 30.3 Å². The molecule has 0 saturated heterocycles. The fraction of sp³-hybridized carbons (Fsp3) is 0.111. The van der Waals surface area contributed by atoms with E-state index in [2.05, 4.69) is 10.6 Å². The van der Waals surface area contributed by atoms with Gasteiger partial charge in [0.2, 0.25) is 0 Å². The first kappa shape index (κ1) is 16.9. The fourth-order valence-electron chi connectivity index (χ4n) is 1.93. The molecule has 122 valence electrons. The van der Waals surface area contributed by atoms with Crippen LogP contribution in [0.4, 0.5) is 5.69 Å². The Labute approximate surface area is 140 Å². The van der Waals surface area contributed by atoms with Crippen molar-refractivity contribution in [1.29, 1.82) is 5.26 Å². The number of rotatable bonds is 6. The van der Waals surface area contributed by atoms with Gasteiger partial charge in [-0.2, -0.15) is 5.26 Å². The van der Waals surface area contributed by atoms with Crippen LogP contribution in [0.2, 0.25) is 0 Å². The number of amides is 1. The van der Waals surface area contributed by atoms with Crippen LogP contribution in [0.1, 0.15) is 5.56 Å². The molecule has 0 heterocycles. The Morgan fingerprint density at radius 3 is 2.58 bits per heavy atom. The molecule has 0 aliphatic heterocycles. The molecule has 0 aliphatic rings. The van der Waals surface area contributed by atoms with Gasteiger partial charge in [0.25, 0.3) is 5.91 Å². The molecule has 0 bridgehead atoms. The van der Waals surface area contributed by atoms with Crippen LogP contribution < -0.4 is 15.4 Å². The lowest BCUT2D eigenvalue weighted by molar-refractivity contribution is -0.112. The summed E-state index contributed by atoms with van der Waals surface area (Å²) in [4.78, 5) is 12.1. The number of carbonyl (C=O) groups is 1. The van der Waals surface area contributed by atoms with Crippen LogP contribution in [0, 0.1) is 11.3 Å². The van der Waals surface area contributed by atoms with E-state index >= 15 is 0 Å². The number of hydrogen-bond acceptors (Lipinski definition) is 5. The van der Waals surface area contributed by atoms with Crippen molar-refractivity contribution in [3.05, 3.63) is 65.9 Å².